The number of thioether (sulfide) groups is 1. The molecular formula is C19H18N4OS. The highest BCUT2D eigenvalue weighted by molar-refractivity contribution is 8.00. The molecule has 25 heavy (non-hydrogen) atoms. The molecule has 1 aliphatic carbocycles. The van der Waals surface area contributed by atoms with Crippen molar-refractivity contribution in [2.45, 2.75) is 42.2 Å². The minimum absolute atomic E-state index is 0.0119. The van der Waals surface area contributed by atoms with E-state index in [0.717, 1.165) is 4.90 Å². The van der Waals surface area contributed by atoms with E-state index in [1.807, 2.05) is 48.2 Å². The van der Waals surface area contributed by atoms with E-state index in [1.165, 1.54) is 32.1 Å². The fraction of sp³-hybridized carbons (Fsp3) is 0.316. The summed E-state index contributed by atoms with van der Waals surface area (Å²) in [6.07, 6.45) is 6.40. The van der Waals surface area contributed by atoms with Crippen LogP contribution in [0.5, 0.6) is 0 Å². The number of H-pyrrole nitrogens is 1. The molecule has 0 radical (unpaired) electrons. The van der Waals surface area contributed by atoms with Gasteiger partial charge < -0.3 is 10.7 Å². The lowest BCUT2D eigenvalue weighted by Crippen LogP contribution is -2.16. The number of nitrogen functional groups attached to an aromatic ring is 1. The molecular weight excluding hydrogens is 332 g/mol. The third-order valence-corrected chi connectivity index (χ3v) is 5.82. The van der Waals surface area contributed by atoms with Gasteiger partial charge in [-0.25, -0.2) is 0 Å². The third-order valence-electron chi connectivity index (χ3n) is 4.47. The predicted octanol–water partition coefficient (Wildman–Crippen LogP) is 3.79. The summed E-state index contributed by atoms with van der Waals surface area (Å²) in [5, 5.41) is 19.3. The molecule has 2 aromatic rings. The molecule has 0 bridgehead atoms. The van der Waals surface area contributed by atoms with Crippen molar-refractivity contribution >= 4 is 17.6 Å². The van der Waals surface area contributed by atoms with Crippen molar-refractivity contribution in [2.24, 2.45) is 0 Å². The Bertz CT molecular complexity index is 913. The number of rotatable bonds is 3. The Morgan fingerprint density at radius 3 is 2.28 bits per heavy atom. The van der Waals surface area contributed by atoms with E-state index in [1.54, 1.807) is 0 Å². The Balaban J connectivity index is 1.96. The van der Waals surface area contributed by atoms with E-state index >= 15 is 0 Å². The topological polar surface area (TPSA) is 106 Å². The van der Waals surface area contributed by atoms with Gasteiger partial charge in [0.05, 0.1) is 0 Å². The number of nitrogens with zero attached hydrogens (tertiary/aromatic N) is 2. The quantitative estimate of drug-likeness (QED) is 0.876. The van der Waals surface area contributed by atoms with Crippen molar-refractivity contribution in [1.82, 2.24) is 4.98 Å². The van der Waals surface area contributed by atoms with Crippen LogP contribution < -0.4 is 11.3 Å². The van der Waals surface area contributed by atoms with Gasteiger partial charge in [-0.05, 0) is 30.5 Å². The van der Waals surface area contributed by atoms with E-state index in [2.05, 4.69) is 4.98 Å². The van der Waals surface area contributed by atoms with Crippen LogP contribution in [0.15, 0.2) is 34.0 Å². The van der Waals surface area contributed by atoms with Gasteiger partial charge >= 0.3 is 0 Å². The fourth-order valence-corrected chi connectivity index (χ4v) is 4.45. The number of nitrogens with two attached hydrogens (primary N) is 1. The largest absolute Gasteiger partial charge is 0.384 e. The fourth-order valence-electron chi connectivity index (χ4n) is 3.21. The molecule has 126 valence electrons. The average Bonchev–Trinajstić information content (AvgIpc) is 2.63. The first kappa shape index (κ1) is 17.1. The number of benzene rings is 1. The number of nitrogens with one attached hydrogen (secondary N) is 1. The van der Waals surface area contributed by atoms with Gasteiger partial charge in [-0.1, -0.05) is 31.4 Å². The van der Waals surface area contributed by atoms with Crippen LogP contribution >= 0.6 is 11.8 Å². The van der Waals surface area contributed by atoms with Crippen LogP contribution in [-0.2, 0) is 0 Å². The number of nitriles is 2. The summed E-state index contributed by atoms with van der Waals surface area (Å²) in [5.41, 5.74) is 6.18. The molecule has 0 saturated heterocycles. The normalized spacial score (nSPS) is 14.6. The lowest BCUT2D eigenvalue weighted by molar-refractivity contribution is 0.516. The first-order valence-corrected chi connectivity index (χ1v) is 9.15. The van der Waals surface area contributed by atoms with Crippen molar-refractivity contribution < 1.29 is 0 Å². The monoisotopic (exact) mass is 350 g/mol. The van der Waals surface area contributed by atoms with Crippen molar-refractivity contribution in [3.63, 3.8) is 0 Å². The maximum Gasteiger partial charge on any atom is 0.268 e. The minimum Gasteiger partial charge on any atom is -0.384 e. The van der Waals surface area contributed by atoms with Crippen molar-refractivity contribution in [1.29, 1.82) is 10.5 Å². The Labute approximate surface area is 150 Å². The maximum atomic E-state index is 12.0. The van der Waals surface area contributed by atoms with E-state index in [4.69, 9.17) is 5.73 Å². The second-order valence-electron chi connectivity index (χ2n) is 6.12. The van der Waals surface area contributed by atoms with Crippen molar-refractivity contribution in [3.8, 4) is 23.3 Å². The standard InChI is InChI=1S/C19H18N4OS/c20-10-15-17(16(11-21)19(24)23-18(15)22)12-6-8-14(9-7-12)25-13-4-2-1-3-5-13/h6-9,13H,1-5H2,(H3,22,23,24). The van der Waals surface area contributed by atoms with Gasteiger partial charge in [0.1, 0.15) is 29.1 Å². The zero-order valence-corrected chi connectivity index (χ0v) is 14.5. The number of anilines is 1. The number of aromatic amines is 1. The second-order valence-corrected chi connectivity index (χ2v) is 7.49. The highest BCUT2D eigenvalue weighted by Gasteiger charge is 2.19. The zero-order chi connectivity index (χ0) is 17.8. The Morgan fingerprint density at radius 1 is 1.04 bits per heavy atom. The van der Waals surface area contributed by atoms with Gasteiger partial charge in [0, 0.05) is 15.7 Å². The van der Waals surface area contributed by atoms with Gasteiger partial charge in [0.15, 0.2) is 0 Å². The zero-order valence-electron chi connectivity index (χ0n) is 13.7. The molecule has 1 aromatic heterocycles. The summed E-state index contributed by atoms with van der Waals surface area (Å²) in [6.45, 7) is 0. The molecule has 0 aliphatic heterocycles. The molecule has 6 heteroatoms. The Kier molecular flexibility index (Phi) is 5.11. The van der Waals surface area contributed by atoms with Crippen LogP contribution in [0.1, 0.15) is 43.2 Å². The van der Waals surface area contributed by atoms with E-state index in [0.29, 0.717) is 16.4 Å². The highest BCUT2D eigenvalue weighted by Crippen LogP contribution is 2.35. The van der Waals surface area contributed by atoms with Crippen LogP contribution in [0.25, 0.3) is 11.1 Å². The summed E-state index contributed by atoms with van der Waals surface area (Å²) in [6, 6.07) is 11.5. The van der Waals surface area contributed by atoms with Crippen LogP contribution in [0.3, 0.4) is 0 Å². The highest BCUT2D eigenvalue weighted by atomic mass is 32.2. The first-order valence-electron chi connectivity index (χ1n) is 8.27. The number of hydrogen-bond acceptors (Lipinski definition) is 5. The Morgan fingerprint density at radius 2 is 1.68 bits per heavy atom. The van der Waals surface area contributed by atoms with Gasteiger partial charge in [-0.15, -0.1) is 11.8 Å². The van der Waals surface area contributed by atoms with Gasteiger partial charge in [0.2, 0.25) is 0 Å². The molecule has 3 N–H and O–H groups in total. The summed E-state index contributed by atoms with van der Waals surface area (Å²) in [5.74, 6) is -0.0119. The maximum absolute atomic E-state index is 12.0. The van der Waals surface area contributed by atoms with Crippen molar-refractivity contribution in [2.75, 3.05) is 5.73 Å². The number of pyridine rings is 1. The third kappa shape index (κ3) is 3.55. The molecule has 1 heterocycles. The van der Waals surface area contributed by atoms with Crippen LogP contribution in [0.2, 0.25) is 0 Å². The first-order chi connectivity index (χ1) is 12.1. The summed E-state index contributed by atoms with van der Waals surface area (Å²) in [7, 11) is 0. The predicted molar refractivity (Wildman–Crippen MR) is 99.1 cm³/mol. The van der Waals surface area contributed by atoms with Crippen molar-refractivity contribution in [3.05, 3.63) is 45.7 Å². The van der Waals surface area contributed by atoms with Gasteiger partial charge in [-0.2, -0.15) is 10.5 Å². The Hall–Kier alpha value is -2.70. The molecule has 1 aromatic carbocycles. The molecule has 1 saturated carbocycles. The molecule has 1 fully saturated rings. The van der Waals surface area contributed by atoms with Gasteiger partial charge in [0.25, 0.3) is 5.56 Å². The number of hydrogen-bond donors (Lipinski definition) is 2. The molecule has 3 rings (SSSR count). The minimum atomic E-state index is -0.574. The number of aromatic nitrogens is 1. The van der Waals surface area contributed by atoms with Crippen LogP contribution in [0, 0.1) is 22.7 Å². The molecule has 1 aliphatic rings. The van der Waals surface area contributed by atoms with E-state index in [9.17, 15) is 15.3 Å². The molecule has 0 unspecified atom stereocenters. The van der Waals surface area contributed by atoms with Crippen LogP contribution in [-0.4, -0.2) is 10.2 Å². The van der Waals surface area contributed by atoms with E-state index < -0.39 is 5.56 Å². The molecule has 0 spiro atoms. The molecule has 0 amide bonds. The second kappa shape index (κ2) is 7.46. The molecule has 5 nitrogen and oxygen atoms in total. The lowest BCUT2D eigenvalue weighted by Gasteiger charge is -2.21. The summed E-state index contributed by atoms with van der Waals surface area (Å²) >= 11 is 1.87. The van der Waals surface area contributed by atoms with E-state index in [-0.39, 0.29) is 16.9 Å². The smallest absolute Gasteiger partial charge is 0.268 e. The summed E-state index contributed by atoms with van der Waals surface area (Å²) < 4.78 is 0. The average molecular weight is 350 g/mol. The summed E-state index contributed by atoms with van der Waals surface area (Å²) in [4.78, 5) is 15.5. The molecule has 0 atom stereocenters. The lowest BCUT2D eigenvalue weighted by atomic mass is 9.97. The SMILES string of the molecule is N#Cc1c(N)[nH]c(=O)c(C#N)c1-c1ccc(SC2CCCCC2)cc1. The van der Waals surface area contributed by atoms with Crippen LogP contribution in [0.4, 0.5) is 5.82 Å². The van der Waals surface area contributed by atoms with Gasteiger partial charge in [-0.3, -0.25) is 4.79 Å².